The Labute approximate surface area is 165 Å². The van der Waals surface area contributed by atoms with Gasteiger partial charge in [0.2, 0.25) is 5.91 Å². The summed E-state index contributed by atoms with van der Waals surface area (Å²) < 4.78 is 10.2. The quantitative estimate of drug-likeness (QED) is 0.802. The summed E-state index contributed by atoms with van der Waals surface area (Å²) in [6.07, 6.45) is 1.19. The molecule has 1 heterocycles. The lowest BCUT2D eigenvalue weighted by atomic mass is 10.0. The largest absolute Gasteiger partial charge is 0.465 e. The molecule has 0 radical (unpaired) electrons. The molecule has 0 spiro atoms. The minimum absolute atomic E-state index is 0.111. The van der Waals surface area contributed by atoms with E-state index in [1.165, 1.54) is 7.11 Å². The first-order valence-electron chi connectivity index (χ1n) is 9.60. The van der Waals surface area contributed by atoms with E-state index < -0.39 is 23.7 Å². The molecule has 1 N–H and O–H groups in total. The summed E-state index contributed by atoms with van der Waals surface area (Å²) in [6, 6.07) is 6.26. The third-order valence-corrected chi connectivity index (χ3v) is 5.20. The normalized spacial score (nSPS) is 24.2. The van der Waals surface area contributed by atoms with Gasteiger partial charge in [0.25, 0.3) is 0 Å². The number of amides is 2. The minimum atomic E-state index is -0.597. The highest BCUT2D eigenvalue weighted by Gasteiger charge is 2.57. The predicted molar refractivity (Wildman–Crippen MR) is 103 cm³/mol. The molecule has 2 fully saturated rings. The number of likely N-dealkylation sites (tertiary alicyclic amines) is 1. The van der Waals surface area contributed by atoms with Crippen molar-refractivity contribution in [3.05, 3.63) is 35.4 Å². The number of ether oxygens (including phenoxy) is 2. The standard InChI is InChI=1S/C21H28N2O5/c1-12(13-6-8-14(9-7-13)19(25)27-5)22-18(24)17-11-15-10-16(15)23(17)20(26)28-21(2,3)4/h6-9,12,15-17H,10-11H2,1-5H3,(H,22,24)/t12-,15?,16?,17?/m0/s1. The fourth-order valence-corrected chi connectivity index (χ4v) is 3.69. The Hall–Kier alpha value is -2.57. The predicted octanol–water partition coefficient (Wildman–Crippen LogP) is 3.05. The Kier molecular flexibility index (Phi) is 5.37. The molecule has 3 unspecified atom stereocenters. The molecule has 1 saturated carbocycles. The molecule has 0 aromatic heterocycles. The fourth-order valence-electron chi connectivity index (χ4n) is 3.69. The number of nitrogens with zero attached hydrogens (tertiary/aromatic N) is 1. The van der Waals surface area contributed by atoms with Crippen molar-refractivity contribution in [3.63, 3.8) is 0 Å². The fraction of sp³-hybridized carbons (Fsp3) is 0.571. The van der Waals surface area contributed by atoms with E-state index in [1.807, 2.05) is 27.7 Å². The van der Waals surface area contributed by atoms with Gasteiger partial charge in [-0.2, -0.15) is 0 Å². The van der Waals surface area contributed by atoms with Crippen LogP contribution in [0.25, 0.3) is 0 Å². The topological polar surface area (TPSA) is 84.9 Å². The zero-order valence-electron chi connectivity index (χ0n) is 17.0. The second-order valence-electron chi connectivity index (χ2n) is 8.55. The zero-order chi connectivity index (χ0) is 20.6. The molecular weight excluding hydrogens is 360 g/mol. The summed E-state index contributed by atoms with van der Waals surface area (Å²) in [5.74, 6) is -0.193. The van der Waals surface area contributed by atoms with Crippen LogP contribution in [0.4, 0.5) is 4.79 Å². The Morgan fingerprint density at radius 2 is 1.79 bits per heavy atom. The van der Waals surface area contributed by atoms with Crippen LogP contribution in [0, 0.1) is 5.92 Å². The van der Waals surface area contributed by atoms with Gasteiger partial charge in [0.05, 0.1) is 18.7 Å². The van der Waals surface area contributed by atoms with E-state index in [0.29, 0.717) is 17.9 Å². The highest BCUT2D eigenvalue weighted by molar-refractivity contribution is 5.89. The molecule has 2 amide bonds. The molecule has 1 aliphatic carbocycles. The molecule has 1 aromatic carbocycles. The monoisotopic (exact) mass is 388 g/mol. The second-order valence-corrected chi connectivity index (χ2v) is 8.55. The molecule has 152 valence electrons. The first kappa shape index (κ1) is 20.2. The Morgan fingerprint density at radius 3 is 2.36 bits per heavy atom. The lowest BCUT2D eigenvalue weighted by Crippen LogP contribution is -2.49. The van der Waals surface area contributed by atoms with E-state index in [4.69, 9.17) is 9.47 Å². The maximum Gasteiger partial charge on any atom is 0.411 e. The summed E-state index contributed by atoms with van der Waals surface area (Å²) >= 11 is 0. The number of nitrogens with one attached hydrogen (secondary N) is 1. The van der Waals surface area contributed by atoms with Gasteiger partial charge < -0.3 is 14.8 Å². The van der Waals surface area contributed by atoms with Crippen molar-refractivity contribution < 1.29 is 23.9 Å². The molecule has 7 nitrogen and oxygen atoms in total. The summed E-state index contributed by atoms with van der Waals surface area (Å²) in [7, 11) is 1.33. The number of esters is 1. The van der Waals surface area contributed by atoms with Gasteiger partial charge in [-0.05, 0) is 64.2 Å². The number of piperidine rings is 1. The van der Waals surface area contributed by atoms with E-state index in [-0.39, 0.29) is 18.0 Å². The summed E-state index contributed by atoms with van der Waals surface area (Å²) in [6.45, 7) is 7.33. The molecular formula is C21H28N2O5. The number of carbonyl (C=O) groups excluding carboxylic acids is 3. The molecule has 2 aliphatic rings. The van der Waals surface area contributed by atoms with Gasteiger partial charge >= 0.3 is 12.1 Å². The van der Waals surface area contributed by atoms with Crippen molar-refractivity contribution in [2.75, 3.05) is 7.11 Å². The van der Waals surface area contributed by atoms with Crippen LogP contribution in [0.2, 0.25) is 0 Å². The van der Waals surface area contributed by atoms with Crippen LogP contribution in [-0.2, 0) is 14.3 Å². The van der Waals surface area contributed by atoms with E-state index in [2.05, 4.69) is 5.32 Å². The number of carbonyl (C=O) groups is 3. The van der Waals surface area contributed by atoms with Crippen LogP contribution in [-0.4, -0.2) is 47.7 Å². The van der Waals surface area contributed by atoms with Crippen molar-refractivity contribution in [3.8, 4) is 0 Å². The lowest BCUT2D eigenvalue weighted by molar-refractivity contribution is -0.126. The number of hydrogen-bond acceptors (Lipinski definition) is 5. The molecule has 1 saturated heterocycles. The van der Waals surface area contributed by atoms with Crippen LogP contribution < -0.4 is 5.32 Å². The average Bonchev–Trinajstić information content (AvgIpc) is 3.28. The Morgan fingerprint density at radius 1 is 1.14 bits per heavy atom. The van der Waals surface area contributed by atoms with Crippen LogP contribution in [0.15, 0.2) is 24.3 Å². The lowest BCUT2D eigenvalue weighted by Gasteiger charge is -2.30. The molecule has 1 aliphatic heterocycles. The highest BCUT2D eigenvalue weighted by atomic mass is 16.6. The van der Waals surface area contributed by atoms with Gasteiger partial charge in [-0.25, -0.2) is 9.59 Å². The molecule has 28 heavy (non-hydrogen) atoms. The maximum atomic E-state index is 12.9. The van der Waals surface area contributed by atoms with E-state index in [0.717, 1.165) is 12.0 Å². The number of hydrogen-bond donors (Lipinski definition) is 1. The average molecular weight is 388 g/mol. The molecule has 1 aromatic rings. The van der Waals surface area contributed by atoms with Crippen molar-refractivity contribution in [2.24, 2.45) is 5.92 Å². The summed E-state index contributed by atoms with van der Waals surface area (Å²) in [5.41, 5.74) is 0.726. The number of methoxy groups -OCH3 is 1. The van der Waals surface area contributed by atoms with Crippen molar-refractivity contribution >= 4 is 18.0 Å². The molecule has 7 heteroatoms. The number of fused-ring (bicyclic) bond motifs is 1. The van der Waals surface area contributed by atoms with Crippen molar-refractivity contribution in [1.29, 1.82) is 0 Å². The van der Waals surface area contributed by atoms with Gasteiger partial charge in [-0.3, -0.25) is 9.69 Å². The first-order chi connectivity index (χ1) is 13.1. The van der Waals surface area contributed by atoms with Gasteiger partial charge in [0, 0.05) is 6.04 Å². The van der Waals surface area contributed by atoms with Gasteiger partial charge in [0.1, 0.15) is 11.6 Å². The second kappa shape index (κ2) is 7.45. The van der Waals surface area contributed by atoms with E-state index >= 15 is 0 Å². The zero-order valence-corrected chi connectivity index (χ0v) is 17.0. The SMILES string of the molecule is COC(=O)c1ccc([C@H](C)NC(=O)C2CC3CC3N2C(=O)OC(C)(C)C)cc1. The number of benzene rings is 1. The van der Waals surface area contributed by atoms with Crippen LogP contribution in [0.1, 0.15) is 62.5 Å². The molecule has 0 bridgehead atoms. The van der Waals surface area contributed by atoms with Crippen LogP contribution >= 0.6 is 0 Å². The van der Waals surface area contributed by atoms with Crippen LogP contribution in [0.5, 0.6) is 0 Å². The maximum absolute atomic E-state index is 12.9. The summed E-state index contributed by atoms with van der Waals surface area (Å²) in [5, 5.41) is 2.99. The first-order valence-corrected chi connectivity index (χ1v) is 9.60. The molecule has 3 rings (SSSR count). The third-order valence-electron chi connectivity index (χ3n) is 5.20. The van der Waals surface area contributed by atoms with Gasteiger partial charge in [-0.1, -0.05) is 12.1 Å². The minimum Gasteiger partial charge on any atom is -0.465 e. The third kappa shape index (κ3) is 4.29. The summed E-state index contributed by atoms with van der Waals surface area (Å²) in [4.78, 5) is 38.6. The van der Waals surface area contributed by atoms with Gasteiger partial charge in [-0.15, -0.1) is 0 Å². The smallest absolute Gasteiger partial charge is 0.411 e. The van der Waals surface area contributed by atoms with E-state index in [9.17, 15) is 14.4 Å². The Balaban J connectivity index is 1.64. The van der Waals surface area contributed by atoms with E-state index in [1.54, 1.807) is 29.2 Å². The highest BCUT2D eigenvalue weighted by Crippen LogP contribution is 2.48. The molecule has 4 atom stereocenters. The van der Waals surface area contributed by atoms with Crippen molar-refractivity contribution in [2.45, 2.75) is 64.3 Å². The Bertz CT molecular complexity index is 768. The van der Waals surface area contributed by atoms with Crippen molar-refractivity contribution in [1.82, 2.24) is 10.2 Å². The van der Waals surface area contributed by atoms with Crippen LogP contribution in [0.3, 0.4) is 0 Å². The number of rotatable bonds is 4. The van der Waals surface area contributed by atoms with Gasteiger partial charge in [0.15, 0.2) is 0 Å².